The van der Waals surface area contributed by atoms with E-state index in [4.69, 9.17) is 14.2 Å². The van der Waals surface area contributed by atoms with Gasteiger partial charge in [0.15, 0.2) is 5.82 Å². The molecule has 2 aromatic rings. The predicted molar refractivity (Wildman–Crippen MR) is 76.4 cm³/mol. The Labute approximate surface area is 126 Å². The van der Waals surface area contributed by atoms with E-state index in [1.165, 1.54) is 24.4 Å². The molecule has 0 amide bonds. The van der Waals surface area contributed by atoms with E-state index in [2.05, 4.69) is 19.4 Å². The second-order valence-corrected chi connectivity index (χ2v) is 6.38. The van der Waals surface area contributed by atoms with Crippen LogP contribution in [0.3, 0.4) is 0 Å². The van der Waals surface area contributed by atoms with E-state index in [1.54, 1.807) is 7.11 Å². The largest absolute Gasteiger partial charge is 0.380 e. The summed E-state index contributed by atoms with van der Waals surface area (Å²) in [5.74, 6) is 2.84. The van der Waals surface area contributed by atoms with Crippen molar-refractivity contribution in [1.82, 2.24) is 19.5 Å². The lowest BCUT2D eigenvalue weighted by Crippen LogP contribution is -2.24. The number of ether oxygens (including phenoxy) is 1. The number of hydrogen-bond donors (Lipinski definition) is 0. The number of aryl methyl sites for hydroxylation is 1. The zero-order chi connectivity index (χ0) is 14.4. The molecule has 1 saturated heterocycles. The lowest BCUT2D eigenvalue weighted by Gasteiger charge is -2.19. The summed E-state index contributed by atoms with van der Waals surface area (Å²) in [6.07, 6.45) is 3.40. The van der Waals surface area contributed by atoms with E-state index in [0.29, 0.717) is 17.6 Å². The van der Waals surface area contributed by atoms with Crippen molar-refractivity contribution in [3.8, 4) is 0 Å². The Bertz CT molecular complexity index is 638. The Hall–Kier alpha value is -1.54. The van der Waals surface area contributed by atoms with E-state index < -0.39 is 0 Å². The molecule has 2 aliphatic rings. The molecule has 1 aliphatic carbocycles. The van der Waals surface area contributed by atoms with Crippen molar-refractivity contribution in [2.75, 3.05) is 18.6 Å². The van der Waals surface area contributed by atoms with Gasteiger partial charge >= 0.3 is 0 Å². The summed E-state index contributed by atoms with van der Waals surface area (Å²) in [7, 11) is 1.74. The first kappa shape index (κ1) is 13.1. The van der Waals surface area contributed by atoms with E-state index in [0.717, 1.165) is 23.9 Å². The summed E-state index contributed by atoms with van der Waals surface area (Å²) in [6.45, 7) is 2.61. The highest BCUT2D eigenvalue weighted by molar-refractivity contribution is 7.09. The average Bonchev–Trinajstić information content (AvgIpc) is 2.93. The zero-order valence-corrected chi connectivity index (χ0v) is 12.8. The highest BCUT2D eigenvalue weighted by Crippen LogP contribution is 2.42. The molecule has 2 fully saturated rings. The van der Waals surface area contributed by atoms with Crippen LogP contribution >= 0.6 is 11.5 Å². The molecule has 0 aromatic carbocycles. The normalized spacial score (nSPS) is 25.7. The molecule has 3 heterocycles. The molecule has 0 unspecified atom stereocenters. The van der Waals surface area contributed by atoms with Crippen molar-refractivity contribution < 1.29 is 9.26 Å². The lowest BCUT2D eigenvalue weighted by atomic mass is 10.2. The van der Waals surface area contributed by atoms with Gasteiger partial charge in [0.2, 0.25) is 11.0 Å². The summed E-state index contributed by atoms with van der Waals surface area (Å²) in [5.41, 5.74) is 0. The van der Waals surface area contributed by atoms with Crippen LogP contribution in [-0.4, -0.2) is 39.3 Å². The standard InChI is InChI=1S/C13H17N5O2S/c1-7-14-12(20-16-7)10-5-9(19-2)6-18(10)13-15-11(17-21-13)8-3-4-8/h8-10H,3-6H2,1-2H3/t9-,10-/m1/s1. The Kier molecular flexibility index (Phi) is 3.15. The molecule has 1 saturated carbocycles. The van der Waals surface area contributed by atoms with Gasteiger partial charge in [-0.3, -0.25) is 0 Å². The van der Waals surface area contributed by atoms with E-state index in [1.807, 2.05) is 6.92 Å². The smallest absolute Gasteiger partial charge is 0.249 e. The maximum absolute atomic E-state index is 5.51. The lowest BCUT2D eigenvalue weighted by molar-refractivity contribution is 0.117. The fourth-order valence-electron chi connectivity index (χ4n) is 2.71. The molecule has 21 heavy (non-hydrogen) atoms. The second kappa shape index (κ2) is 5.03. The summed E-state index contributed by atoms with van der Waals surface area (Å²) >= 11 is 1.45. The number of methoxy groups -OCH3 is 1. The van der Waals surface area contributed by atoms with Crippen molar-refractivity contribution in [1.29, 1.82) is 0 Å². The minimum Gasteiger partial charge on any atom is -0.380 e. The van der Waals surface area contributed by atoms with Crippen LogP contribution in [0.1, 0.15) is 48.8 Å². The van der Waals surface area contributed by atoms with Crippen molar-refractivity contribution in [2.45, 2.75) is 44.2 Å². The van der Waals surface area contributed by atoms with Crippen molar-refractivity contribution in [2.24, 2.45) is 0 Å². The molecule has 112 valence electrons. The van der Waals surface area contributed by atoms with Gasteiger partial charge in [0, 0.05) is 37.5 Å². The SMILES string of the molecule is CO[C@@H]1C[C@H](c2nc(C)no2)N(c2nc(C3CC3)ns2)C1. The Morgan fingerprint density at radius 1 is 1.33 bits per heavy atom. The zero-order valence-electron chi connectivity index (χ0n) is 12.0. The number of aromatic nitrogens is 4. The Balaban J connectivity index is 1.63. The first-order valence-electron chi connectivity index (χ1n) is 7.18. The van der Waals surface area contributed by atoms with Gasteiger partial charge in [-0.25, -0.2) is 4.98 Å². The van der Waals surface area contributed by atoms with Gasteiger partial charge < -0.3 is 14.2 Å². The summed E-state index contributed by atoms with van der Waals surface area (Å²) in [6, 6.07) is 0.0242. The van der Waals surface area contributed by atoms with Crippen LogP contribution in [0.5, 0.6) is 0 Å². The van der Waals surface area contributed by atoms with Gasteiger partial charge in [0.05, 0.1) is 6.10 Å². The number of nitrogens with zero attached hydrogens (tertiary/aromatic N) is 5. The average molecular weight is 307 g/mol. The summed E-state index contributed by atoms with van der Waals surface area (Å²) < 4.78 is 15.4. The van der Waals surface area contributed by atoms with Crippen LogP contribution < -0.4 is 4.90 Å². The maximum Gasteiger partial charge on any atom is 0.249 e. The molecule has 1 aliphatic heterocycles. The molecule has 0 spiro atoms. The van der Waals surface area contributed by atoms with Crippen molar-refractivity contribution in [3.63, 3.8) is 0 Å². The molecule has 0 radical (unpaired) electrons. The third kappa shape index (κ3) is 2.42. The number of rotatable bonds is 4. The van der Waals surface area contributed by atoms with Crippen LogP contribution in [0.4, 0.5) is 5.13 Å². The number of anilines is 1. The van der Waals surface area contributed by atoms with E-state index >= 15 is 0 Å². The van der Waals surface area contributed by atoms with Crippen LogP contribution in [0, 0.1) is 6.92 Å². The molecule has 2 atom stereocenters. The van der Waals surface area contributed by atoms with Crippen molar-refractivity contribution in [3.05, 3.63) is 17.5 Å². The third-order valence-electron chi connectivity index (χ3n) is 4.04. The van der Waals surface area contributed by atoms with Gasteiger partial charge in [-0.15, -0.1) is 0 Å². The number of hydrogen-bond acceptors (Lipinski definition) is 8. The van der Waals surface area contributed by atoms with Gasteiger partial charge in [0.25, 0.3) is 0 Å². The van der Waals surface area contributed by atoms with Gasteiger partial charge in [0.1, 0.15) is 11.9 Å². The summed E-state index contributed by atoms with van der Waals surface area (Å²) in [4.78, 5) is 11.3. The predicted octanol–water partition coefficient (Wildman–Crippen LogP) is 2.07. The first-order chi connectivity index (χ1) is 10.2. The maximum atomic E-state index is 5.51. The molecule has 8 heteroatoms. The first-order valence-corrected chi connectivity index (χ1v) is 7.95. The Morgan fingerprint density at radius 2 is 2.19 bits per heavy atom. The molecule has 0 N–H and O–H groups in total. The Morgan fingerprint density at radius 3 is 2.86 bits per heavy atom. The quantitative estimate of drug-likeness (QED) is 0.855. The minimum atomic E-state index is 0.0242. The van der Waals surface area contributed by atoms with Crippen molar-refractivity contribution >= 4 is 16.7 Å². The summed E-state index contributed by atoms with van der Waals surface area (Å²) in [5, 5.41) is 4.83. The molecular formula is C13H17N5O2S. The molecule has 4 rings (SSSR count). The van der Waals surface area contributed by atoms with Crippen LogP contribution in [0.15, 0.2) is 4.52 Å². The third-order valence-corrected chi connectivity index (χ3v) is 4.81. The van der Waals surface area contributed by atoms with Crippen LogP contribution in [-0.2, 0) is 4.74 Å². The molecular weight excluding hydrogens is 290 g/mol. The highest BCUT2D eigenvalue weighted by atomic mass is 32.1. The van der Waals surface area contributed by atoms with Gasteiger partial charge in [-0.2, -0.15) is 9.36 Å². The fraction of sp³-hybridized carbons (Fsp3) is 0.692. The van der Waals surface area contributed by atoms with Crippen LogP contribution in [0.2, 0.25) is 0 Å². The van der Waals surface area contributed by atoms with Gasteiger partial charge in [-0.1, -0.05) is 5.16 Å². The molecule has 7 nitrogen and oxygen atoms in total. The van der Waals surface area contributed by atoms with E-state index in [-0.39, 0.29) is 12.1 Å². The topological polar surface area (TPSA) is 77.2 Å². The molecule has 0 bridgehead atoms. The monoisotopic (exact) mass is 307 g/mol. The minimum absolute atomic E-state index is 0.0242. The second-order valence-electron chi connectivity index (χ2n) is 5.65. The fourth-order valence-corrected chi connectivity index (χ4v) is 3.52. The highest BCUT2D eigenvalue weighted by Gasteiger charge is 2.39. The van der Waals surface area contributed by atoms with Crippen LogP contribution in [0.25, 0.3) is 0 Å². The van der Waals surface area contributed by atoms with E-state index in [9.17, 15) is 0 Å². The molecule has 2 aromatic heterocycles. The van der Waals surface area contributed by atoms with Gasteiger partial charge in [-0.05, 0) is 19.8 Å².